The maximum atomic E-state index is 12.3. The Kier molecular flexibility index (Phi) is 7.53. The number of aryl methyl sites for hydroxylation is 1. The number of aromatic nitrogens is 2. The van der Waals surface area contributed by atoms with E-state index in [-0.39, 0.29) is 30.7 Å². The molecule has 1 atom stereocenters. The van der Waals surface area contributed by atoms with Gasteiger partial charge in [-0.3, -0.25) is 9.78 Å². The second-order valence-corrected chi connectivity index (χ2v) is 5.88. The van der Waals surface area contributed by atoms with Gasteiger partial charge in [-0.05, 0) is 45.1 Å². The van der Waals surface area contributed by atoms with Gasteiger partial charge < -0.3 is 10.2 Å². The molecule has 0 aliphatic carbocycles. The summed E-state index contributed by atoms with van der Waals surface area (Å²) in [6.45, 7) is 4.72. The third-order valence-electron chi connectivity index (χ3n) is 4.49. The van der Waals surface area contributed by atoms with E-state index in [0.29, 0.717) is 11.7 Å². The third-order valence-corrected chi connectivity index (χ3v) is 4.49. The largest absolute Gasteiger partial charge is 0.337 e. The number of hydrogen-bond acceptors (Lipinski definition) is 4. The molecule has 2 aliphatic rings. The molecular formula is C15H24Cl2N4O. The molecule has 1 amide bonds. The zero-order valence-corrected chi connectivity index (χ0v) is 14.5. The van der Waals surface area contributed by atoms with E-state index < -0.39 is 0 Å². The molecule has 22 heavy (non-hydrogen) atoms. The van der Waals surface area contributed by atoms with Gasteiger partial charge in [-0.15, -0.1) is 24.8 Å². The average Bonchev–Trinajstić information content (AvgIpc) is 3.02. The SMILES string of the molecule is Cc1cnc(C(=O)N2CCC(C3CCCN3)CC2)cn1.Cl.Cl. The molecule has 124 valence electrons. The topological polar surface area (TPSA) is 58.1 Å². The van der Waals surface area contributed by atoms with E-state index in [1.807, 2.05) is 11.8 Å². The van der Waals surface area contributed by atoms with Gasteiger partial charge in [-0.25, -0.2) is 4.98 Å². The van der Waals surface area contributed by atoms with E-state index in [2.05, 4.69) is 15.3 Å². The lowest BCUT2D eigenvalue weighted by molar-refractivity contribution is 0.0668. The number of hydrogen-bond donors (Lipinski definition) is 1. The predicted molar refractivity (Wildman–Crippen MR) is 90.9 cm³/mol. The maximum Gasteiger partial charge on any atom is 0.274 e. The van der Waals surface area contributed by atoms with Crippen molar-refractivity contribution in [1.82, 2.24) is 20.2 Å². The van der Waals surface area contributed by atoms with Crippen molar-refractivity contribution in [3.63, 3.8) is 0 Å². The van der Waals surface area contributed by atoms with E-state index in [9.17, 15) is 4.79 Å². The lowest BCUT2D eigenvalue weighted by atomic mass is 9.88. The summed E-state index contributed by atoms with van der Waals surface area (Å²) in [5.74, 6) is 0.751. The van der Waals surface area contributed by atoms with Crippen LogP contribution in [0.1, 0.15) is 41.9 Å². The fourth-order valence-electron chi connectivity index (χ4n) is 3.28. The minimum atomic E-state index is 0. The van der Waals surface area contributed by atoms with Gasteiger partial charge >= 0.3 is 0 Å². The summed E-state index contributed by atoms with van der Waals surface area (Å²) in [5, 5.41) is 3.58. The number of likely N-dealkylation sites (tertiary alicyclic amines) is 1. The van der Waals surface area contributed by atoms with Crippen LogP contribution < -0.4 is 5.32 Å². The first-order chi connectivity index (χ1) is 9.74. The van der Waals surface area contributed by atoms with Crippen molar-refractivity contribution in [2.45, 2.75) is 38.6 Å². The average molecular weight is 347 g/mol. The summed E-state index contributed by atoms with van der Waals surface area (Å²) in [4.78, 5) is 22.6. The lowest BCUT2D eigenvalue weighted by Gasteiger charge is -2.34. The van der Waals surface area contributed by atoms with Crippen LogP contribution in [0.2, 0.25) is 0 Å². The first-order valence-electron chi connectivity index (χ1n) is 7.55. The van der Waals surface area contributed by atoms with Crippen LogP contribution in [0.4, 0.5) is 0 Å². The highest BCUT2D eigenvalue weighted by atomic mass is 35.5. The highest BCUT2D eigenvalue weighted by Crippen LogP contribution is 2.26. The highest BCUT2D eigenvalue weighted by Gasteiger charge is 2.30. The predicted octanol–water partition coefficient (Wildman–Crippen LogP) is 2.23. The Balaban J connectivity index is 0.00000121. The molecule has 1 aromatic heterocycles. The third kappa shape index (κ3) is 4.31. The van der Waals surface area contributed by atoms with Crippen LogP contribution in [0.5, 0.6) is 0 Å². The summed E-state index contributed by atoms with van der Waals surface area (Å²) in [5.41, 5.74) is 1.31. The number of nitrogens with one attached hydrogen (secondary N) is 1. The summed E-state index contributed by atoms with van der Waals surface area (Å²) in [6, 6.07) is 0.673. The Labute approximate surface area is 144 Å². The van der Waals surface area contributed by atoms with E-state index in [4.69, 9.17) is 0 Å². The van der Waals surface area contributed by atoms with Crippen molar-refractivity contribution in [1.29, 1.82) is 0 Å². The molecule has 1 aromatic rings. The Morgan fingerprint density at radius 2 is 1.91 bits per heavy atom. The number of nitrogens with zero attached hydrogens (tertiary/aromatic N) is 3. The van der Waals surface area contributed by atoms with Crippen LogP contribution in [0.15, 0.2) is 12.4 Å². The molecule has 0 bridgehead atoms. The summed E-state index contributed by atoms with van der Waals surface area (Å²) >= 11 is 0. The smallest absolute Gasteiger partial charge is 0.274 e. The molecule has 2 aliphatic heterocycles. The van der Waals surface area contributed by atoms with Crippen molar-refractivity contribution in [3.05, 3.63) is 23.8 Å². The molecule has 5 nitrogen and oxygen atoms in total. The Bertz CT molecular complexity index is 469. The summed E-state index contributed by atoms with van der Waals surface area (Å²) in [7, 11) is 0. The second-order valence-electron chi connectivity index (χ2n) is 5.88. The van der Waals surface area contributed by atoms with Gasteiger partial charge in [0.25, 0.3) is 5.91 Å². The van der Waals surface area contributed by atoms with Crippen molar-refractivity contribution < 1.29 is 4.79 Å². The van der Waals surface area contributed by atoms with Crippen molar-refractivity contribution in [2.75, 3.05) is 19.6 Å². The van der Waals surface area contributed by atoms with Gasteiger partial charge in [0.1, 0.15) is 5.69 Å². The lowest BCUT2D eigenvalue weighted by Crippen LogP contribution is -2.43. The van der Waals surface area contributed by atoms with Gasteiger partial charge in [0, 0.05) is 25.3 Å². The van der Waals surface area contributed by atoms with E-state index >= 15 is 0 Å². The zero-order valence-electron chi connectivity index (χ0n) is 12.8. The van der Waals surface area contributed by atoms with Crippen LogP contribution in [-0.4, -0.2) is 46.5 Å². The summed E-state index contributed by atoms with van der Waals surface area (Å²) < 4.78 is 0. The van der Waals surface area contributed by atoms with E-state index in [0.717, 1.165) is 44.1 Å². The zero-order chi connectivity index (χ0) is 13.9. The number of carbonyl (C=O) groups is 1. The normalized spacial score (nSPS) is 21.9. The molecule has 3 rings (SSSR count). The Morgan fingerprint density at radius 1 is 1.18 bits per heavy atom. The molecule has 2 fully saturated rings. The van der Waals surface area contributed by atoms with Crippen molar-refractivity contribution in [3.8, 4) is 0 Å². The quantitative estimate of drug-likeness (QED) is 0.891. The number of piperidine rings is 1. The van der Waals surface area contributed by atoms with E-state index in [1.165, 1.54) is 12.8 Å². The van der Waals surface area contributed by atoms with Crippen molar-refractivity contribution in [2.24, 2.45) is 5.92 Å². The molecule has 0 saturated carbocycles. The fraction of sp³-hybridized carbons (Fsp3) is 0.667. The molecule has 1 unspecified atom stereocenters. The molecule has 3 heterocycles. The van der Waals surface area contributed by atoms with Crippen LogP contribution >= 0.6 is 24.8 Å². The van der Waals surface area contributed by atoms with Crippen molar-refractivity contribution >= 4 is 30.7 Å². The van der Waals surface area contributed by atoms with Gasteiger partial charge in [-0.2, -0.15) is 0 Å². The molecule has 0 aromatic carbocycles. The molecular weight excluding hydrogens is 323 g/mol. The minimum Gasteiger partial charge on any atom is -0.337 e. The van der Waals surface area contributed by atoms with Gasteiger partial charge in [0.05, 0.1) is 11.9 Å². The number of carbonyl (C=O) groups excluding carboxylic acids is 1. The van der Waals surface area contributed by atoms with Crippen LogP contribution in [-0.2, 0) is 0 Å². The maximum absolute atomic E-state index is 12.3. The monoisotopic (exact) mass is 346 g/mol. The fourth-order valence-corrected chi connectivity index (χ4v) is 3.28. The molecule has 1 N–H and O–H groups in total. The summed E-state index contributed by atoms with van der Waals surface area (Å²) in [6.07, 6.45) is 8.03. The van der Waals surface area contributed by atoms with Crippen LogP contribution in [0.3, 0.4) is 0 Å². The minimum absolute atomic E-state index is 0. The first-order valence-corrected chi connectivity index (χ1v) is 7.55. The molecule has 0 spiro atoms. The van der Waals surface area contributed by atoms with Gasteiger partial charge in [0.15, 0.2) is 0 Å². The van der Waals surface area contributed by atoms with E-state index in [1.54, 1.807) is 12.4 Å². The molecule has 7 heteroatoms. The number of amides is 1. The second kappa shape index (κ2) is 8.65. The van der Waals surface area contributed by atoms with Gasteiger partial charge in [0.2, 0.25) is 0 Å². The Morgan fingerprint density at radius 3 is 2.45 bits per heavy atom. The van der Waals surface area contributed by atoms with Crippen LogP contribution in [0, 0.1) is 12.8 Å². The molecule has 0 radical (unpaired) electrons. The standard InChI is InChI=1S/C15H22N4O.2ClH/c1-11-9-18-14(10-17-11)15(20)19-7-4-12(5-8-19)13-3-2-6-16-13;;/h9-10,12-13,16H,2-8H2,1H3;2*1H. The Hall–Kier alpha value is -0.910. The first kappa shape index (κ1) is 19.1. The van der Waals surface area contributed by atoms with Crippen LogP contribution in [0.25, 0.3) is 0 Å². The van der Waals surface area contributed by atoms with Gasteiger partial charge in [-0.1, -0.05) is 0 Å². The molecule has 2 saturated heterocycles. The number of halogens is 2. The number of rotatable bonds is 2. The highest BCUT2D eigenvalue weighted by molar-refractivity contribution is 5.92.